The smallest absolute Gasteiger partial charge is 0.257 e. The van der Waals surface area contributed by atoms with Gasteiger partial charge in [0.15, 0.2) is 5.65 Å². The predicted molar refractivity (Wildman–Crippen MR) is 130 cm³/mol. The van der Waals surface area contributed by atoms with Crippen LogP contribution >= 0.6 is 11.6 Å². The molecule has 164 valence electrons. The molecule has 0 aliphatic heterocycles. The fourth-order valence-electron chi connectivity index (χ4n) is 3.78. The van der Waals surface area contributed by atoms with Crippen molar-refractivity contribution in [1.29, 1.82) is 0 Å². The highest BCUT2D eigenvalue weighted by Gasteiger charge is 2.24. The number of hydrogen-bond donors (Lipinski definition) is 2. The maximum absolute atomic E-state index is 13.3. The van der Waals surface area contributed by atoms with E-state index in [-0.39, 0.29) is 17.3 Å². The molecule has 7 nitrogen and oxygen atoms in total. The quantitative estimate of drug-likeness (QED) is 0.397. The minimum Gasteiger partial charge on any atom is -0.497 e. The zero-order chi connectivity index (χ0) is 22.9. The lowest BCUT2D eigenvalue weighted by Crippen LogP contribution is -2.24. The fourth-order valence-corrected chi connectivity index (χ4v) is 3.96. The number of carbonyl (C=O) groups excluding carboxylic acids is 1. The normalized spacial score (nSPS) is 11.1. The zero-order valence-corrected chi connectivity index (χ0v) is 18.5. The van der Waals surface area contributed by atoms with Crippen molar-refractivity contribution < 1.29 is 9.53 Å². The van der Waals surface area contributed by atoms with Gasteiger partial charge in [-0.15, -0.1) is 0 Å². The summed E-state index contributed by atoms with van der Waals surface area (Å²) < 4.78 is 6.90. The van der Waals surface area contributed by atoms with Crippen molar-refractivity contribution in [1.82, 2.24) is 19.9 Å². The van der Waals surface area contributed by atoms with Crippen LogP contribution in [0.5, 0.6) is 5.75 Å². The average molecular weight is 458 g/mol. The molecule has 2 heterocycles. The molecule has 33 heavy (non-hydrogen) atoms. The van der Waals surface area contributed by atoms with Gasteiger partial charge in [0.2, 0.25) is 0 Å². The summed E-state index contributed by atoms with van der Waals surface area (Å²) in [6, 6.07) is 22.2. The molecule has 3 aromatic carbocycles. The number of nitrogens with two attached hydrogens (primary N) is 1. The Hall–Kier alpha value is -4.10. The Morgan fingerprint density at radius 1 is 1.03 bits per heavy atom. The predicted octanol–water partition coefficient (Wildman–Crippen LogP) is 4.75. The molecule has 0 bridgehead atoms. The van der Waals surface area contributed by atoms with Crippen molar-refractivity contribution in [3.63, 3.8) is 0 Å². The molecule has 0 aliphatic rings. The van der Waals surface area contributed by atoms with Crippen LogP contribution in [0.15, 0.2) is 72.8 Å². The third kappa shape index (κ3) is 3.83. The lowest BCUT2D eigenvalue weighted by atomic mass is 10.2. The van der Waals surface area contributed by atoms with Crippen LogP contribution in [0.4, 0.5) is 5.82 Å². The van der Waals surface area contributed by atoms with Gasteiger partial charge >= 0.3 is 0 Å². The first kappa shape index (κ1) is 20.8. The van der Waals surface area contributed by atoms with Crippen LogP contribution in [0, 0.1) is 0 Å². The molecule has 5 aromatic rings. The molecule has 8 heteroatoms. The summed E-state index contributed by atoms with van der Waals surface area (Å²) in [6.45, 7) is 0.327. The third-order valence-electron chi connectivity index (χ3n) is 5.40. The summed E-state index contributed by atoms with van der Waals surface area (Å²) in [6.07, 6.45) is 0. The number of para-hydroxylation sites is 2. The van der Waals surface area contributed by atoms with Crippen LogP contribution in [0.2, 0.25) is 5.02 Å². The molecular formula is C25H20ClN5O2. The number of hydrogen-bond acceptors (Lipinski definition) is 5. The summed E-state index contributed by atoms with van der Waals surface area (Å²) in [5, 5.41) is 3.49. The summed E-state index contributed by atoms with van der Waals surface area (Å²) >= 11 is 6.22. The Kier molecular flexibility index (Phi) is 5.32. The molecular weight excluding hydrogens is 438 g/mol. The number of halogens is 1. The Morgan fingerprint density at radius 2 is 1.76 bits per heavy atom. The van der Waals surface area contributed by atoms with Crippen LogP contribution in [0.3, 0.4) is 0 Å². The standard InChI is InChI=1S/C25H20ClN5O2/c1-33-18-11-9-15(10-12-18)14-28-25(32)21-22-24(30-20-8-3-2-7-19(20)29-22)31(23(21)27)17-6-4-5-16(26)13-17/h2-13H,14,27H2,1H3,(H,28,32). The number of benzene rings is 3. The van der Waals surface area contributed by atoms with E-state index < -0.39 is 0 Å². The van der Waals surface area contributed by atoms with Crippen molar-refractivity contribution in [2.75, 3.05) is 12.8 Å². The van der Waals surface area contributed by atoms with E-state index in [9.17, 15) is 4.79 Å². The highest BCUT2D eigenvalue weighted by atomic mass is 35.5. The van der Waals surface area contributed by atoms with E-state index >= 15 is 0 Å². The van der Waals surface area contributed by atoms with E-state index in [4.69, 9.17) is 32.0 Å². The molecule has 2 aromatic heterocycles. The van der Waals surface area contributed by atoms with Gasteiger partial charge in [0.1, 0.15) is 22.6 Å². The molecule has 0 fully saturated rings. The topological polar surface area (TPSA) is 95.1 Å². The van der Waals surface area contributed by atoms with Gasteiger partial charge in [-0.2, -0.15) is 0 Å². The molecule has 3 N–H and O–H groups in total. The largest absolute Gasteiger partial charge is 0.497 e. The Bertz CT molecular complexity index is 1490. The molecule has 0 atom stereocenters. The summed E-state index contributed by atoms with van der Waals surface area (Å²) in [7, 11) is 1.61. The third-order valence-corrected chi connectivity index (χ3v) is 5.64. The number of amides is 1. The van der Waals surface area contributed by atoms with E-state index in [1.54, 1.807) is 23.8 Å². The Morgan fingerprint density at radius 3 is 2.45 bits per heavy atom. The molecule has 0 spiro atoms. The van der Waals surface area contributed by atoms with Crippen molar-refractivity contribution in [2.24, 2.45) is 0 Å². The first-order valence-electron chi connectivity index (χ1n) is 10.3. The van der Waals surface area contributed by atoms with E-state index in [1.807, 2.05) is 60.7 Å². The van der Waals surface area contributed by atoms with E-state index in [1.165, 1.54) is 0 Å². The van der Waals surface area contributed by atoms with Crippen LogP contribution in [0.25, 0.3) is 27.9 Å². The molecule has 1 amide bonds. The zero-order valence-electron chi connectivity index (χ0n) is 17.7. The van der Waals surface area contributed by atoms with Gasteiger partial charge in [0.05, 0.1) is 23.8 Å². The van der Waals surface area contributed by atoms with Crippen LogP contribution < -0.4 is 15.8 Å². The van der Waals surface area contributed by atoms with Gasteiger partial charge in [-0.3, -0.25) is 9.36 Å². The first-order valence-corrected chi connectivity index (χ1v) is 10.7. The minimum absolute atomic E-state index is 0.245. The number of fused-ring (bicyclic) bond motifs is 2. The van der Waals surface area contributed by atoms with Gasteiger partial charge in [-0.25, -0.2) is 9.97 Å². The number of nitrogens with zero attached hydrogens (tertiary/aromatic N) is 3. The number of methoxy groups -OCH3 is 1. The van der Waals surface area contributed by atoms with Gasteiger partial charge in [0, 0.05) is 11.6 Å². The van der Waals surface area contributed by atoms with E-state index in [2.05, 4.69) is 5.32 Å². The second-order valence-corrected chi connectivity index (χ2v) is 7.93. The van der Waals surface area contributed by atoms with Crippen LogP contribution in [-0.2, 0) is 6.54 Å². The second-order valence-electron chi connectivity index (χ2n) is 7.49. The Labute approximate surface area is 194 Å². The number of rotatable bonds is 5. The lowest BCUT2D eigenvalue weighted by molar-refractivity contribution is 0.0953. The molecule has 0 saturated carbocycles. The Balaban J connectivity index is 1.61. The number of ether oxygens (including phenoxy) is 1. The van der Waals surface area contributed by atoms with Gasteiger partial charge in [0.25, 0.3) is 5.91 Å². The summed E-state index contributed by atoms with van der Waals surface area (Å²) in [5.74, 6) is 0.662. The number of nitrogen functional groups attached to an aromatic ring is 1. The molecule has 0 unspecified atom stereocenters. The summed E-state index contributed by atoms with van der Waals surface area (Å²) in [4.78, 5) is 22.8. The number of nitrogens with one attached hydrogen (secondary N) is 1. The number of aromatic nitrogens is 3. The number of carbonyl (C=O) groups is 1. The SMILES string of the molecule is COc1ccc(CNC(=O)c2c(N)n(-c3cccc(Cl)c3)c3nc4ccccc4nc23)cc1. The molecule has 0 saturated heterocycles. The highest BCUT2D eigenvalue weighted by Crippen LogP contribution is 2.31. The summed E-state index contributed by atoms with van der Waals surface area (Å²) in [5.41, 5.74) is 10.7. The van der Waals surface area contributed by atoms with Crippen molar-refractivity contribution >= 4 is 45.5 Å². The van der Waals surface area contributed by atoms with E-state index in [0.29, 0.717) is 39.5 Å². The average Bonchev–Trinajstić information content (AvgIpc) is 3.12. The molecule has 0 aliphatic carbocycles. The fraction of sp³-hybridized carbons (Fsp3) is 0.0800. The van der Waals surface area contributed by atoms with Gasteiger partial charge in [-0.05, 0) is 48.0 Å². The maximum atomic E-state index is 13.3. The molecule has 0 radical (unpaired) electrons. The maximum Gasteiger partial charge on any atom is 0.257 e. The number of anilines is 1. The lowest BCUT2D eigenvalue weighted by Gasteiger charge is -2.09. The van der Waals surface area contributed by atoms with Gasteiger partial charge < -0.3 is 15.8 Å². The van der Waals surface area contributed by atoms with Gasteiger partial charge in [-0.1, -0.05) is 41.9 Å². The van der Waals surface area contributed by atoms with Crippen LogP contribution in [-0.4, -0.2) is 27.6 Å². The highest BCUT2D eigenvalue weighted by molar-refractivity contribution is 6.30. The molecule has 5 rings (SSSR count). The minimum atomic E-state index is -0.335. The van der Waals surface area contributed by atoms with Crippen LogP contribution in [0.1, 0.15) is 15.9 Å². The first-order chi connectivity index (χ1) is 16.0. The monoisotopic (exact) mass is 457 g/mol. The van der Waals surface area contributed by atoms with Crippen molar-refractivity contribution in [3.05, 3.63) is 88.9 Å². The van der Waals surface area contributed by atoms with E-state index in [0.717, 1.165) is 11.3 Å². The second kappa shape index (κ2) is 8.44. The van der Waals surface area contributed by atoms with Crippen molar-refractivity contribution in [3.8, 4) is 11.4 Å². The van der Waals surface area contributed by atoms with Crippen molar-refractivity contribution in [2.45, 2.75) is 6.54 Å².